The smallest absolute Gasteiger partial charge is 0.338 e. The molecule has 0 saturated carbocycles. The third-order valence-electron chi connectivity index (χ3n) is 7.10. The van der Waals surface area contributed by atoms with Gasteiger partial charge < -0.3 is 19.9 Å². The summed E-state index contributed by atoms with van der Waals surface area (Å²) in [6.45, 7) is 1.13. The van der Waals surface area contributed by atoms with Gasteiger partial charge in [-0.15, -0.1) is 11.3 Å². The van der Waals surface area contributed by atoms with Crippen LogP contribution in [0.5, 0.6) is 0 Å². The molecule has 2 aromatic rings. The lowest BCUT2D eigenvalue weighted by Gasteiger charge is -2.49. The number of carbonyl (C=O) groups is 2. The van der Waals surface area contributed by atoms with Gasteiger partial charge in [0, 0.05) is 47.9 Å². The fraction of sp³-hybridized carbons (Fsp3) is 0.440. The summed E-state index contributed by atoms with van der Waals surface area (Å²) in [6, 6.07) is 1.04. The lowest BCUT2D eigenvalue weighted by Crippen LogP contribution is -2.58. The number of esters is 1. The molecule has 13 heteroatoms. The molecule has 0 radical (unpaired) electrons. The largest absolute Gasteiger partial charge is 0.481 e. The second-order valence-corrected chi connectivity index (χ2v) is 10.7. The summed E-state index contributed by atoms with van der Waals surface area (Å²) in [6.07, 6.45) is 2.97. The molecule has 202 valence electrons. The van der Waals surface area contributed by atoms with E-state index in [1.54, 1.807) is 11.6 Å². The Balaban J connectivity index is 1.57. The highest BCUT2D eigenvalue weighted by Crippen LogP contribution is 2.39. The zero-order valence-electron chi connectivity index (χ0n) is 20.3. The number of carboxylic acid groups (broad SMARTS) is 1. The number of benzene rings is 1. The van der Waals surface area contributed by atoms with Crippen molar-refractivity contribution in [2.24, 2.45) is 10.9 Å². The van der Waals surface area contributed by atoms with Gasteiger partial charge in [0.25, 0.3) is 0 Å². The molecule has 0 spiro atoms. The second-order valence-electron chi connectivity index (χ2n) is 9.44. The average molecular weight is 567 g/mol. The van der Waals surface area contributed by atoms with Crippen LogP contribution in [0.15, 0.2) is 40.0 Å². The zero-order valence-corrected chi connectivity index (χ0v) is 21.9. The van der Waals surface area contributed by atoms with Crippen molar-refractivity contribution in [1.29, 1.82) is 0 Å². The number of carbonyl (C=O) groups excluding carboxylic acids is 1. The number of rotatable bonds is 7. The Labute approximate surface area is 226 Å². The number of aliphatic imine (C=N–C) groups is 1. The van der Waals surface area contributed by atoms with Gasteiger partial charge in [0.15, 0.2) is 22.5 Å². The molecule has 1 aromatic heterocycles. The number of morpholine rings is 1. The Morgan fingerprint density at radius 1 is 1.29 bits per heavy atom. The molecule has 2 saturated heterocycles. The first-order chi connectivity index (χ1) is 18.3. The van der Waals surface area contributed by atoms with Crippen LogP contribution >= 0.6 is 22.9 Å². The molecule has 1 aromatic carbocycles. The predicted molar refractivity (Wildman–Crippen MR) is 135 cm³/mol. The number of amidine groups is 1. The number of halogens is 3. The van der Waals surface area contributed by atoms with Gasteiger partial charge in [-0.1, -0.05) is 17.7 Å². The maximum atomic E-state index is 14.5. The minimum atomic E-state index is -1.23. The van der Waals surface area contributed by atoms with E-state index in [0.29, 0.717) is 42.6 Å². The molecule has 0 aliphatic carbocycles. The van der Waals surface area contributed by atoms with E-state index in [2.05, 4.69) is 20.2 Å². The van der Waals surface area contributed by atoms with Crippen LogP contribution in [0.25, 0.3) is 0 Å². The lowest BCUT2D eigenvalue weighted by atomic mass is 9.82. The molecule has 0 amide bonds. The van der Waals surface area contributed by atoms with Crippen LogP contribution < -0.4 is 5.32 Å². The molecule has 2 bridgehead atoms. The Morgan fingerprint density at radius 3 is 2.66 bits per heavy atom. The van der Waals surface area contributed by atoms with E-state index in [-0.39, 0.29) is 42.1 Å². The van der Waals surface area contributed by atoms with Gasteiger partial charge in [-0.05, 0) is 24.8 Å². The number of aromatic nitrogens is 1. The third kappa shape index (κ3) is 5.18. The Morgan fingerprint density at radius 2 is 2.03 bits per heavy atom. The molecule has 3 unspecified atom stereocenters. The number of thiazole rings is 1. The van der Waals surface area contributed by atoms with E-state index in [1.807, 2.05) is 0 Å². The number of ether oxygens (including phenoxy) is 2. The number of nitrogens with one attached hydrogen (secondary N) is 1. The van der Waals surface area contributed by atoms with Crippen LogP contribution in [-0.4, -0.2) is 71.7 Å². The highest BCUT2D eigenvalue weighted by atomic mass is 35.5. The van der Waals surface area contributed by atoms with Gasteiger partial charge in [-0.25, -0.2) is 18.6 Å². The molecule has 38 heavy (non-hydrogen) atoms. The number of nitrogens with zero attached hydrogens (tertiary/aromatic N) is 3. The molecular weight excluding hydrogens is 542 g/mol. The fourth-order valence-electron chi connectivity index (χ4n) is 5.45. The van der Waals surface area contributed by atoms with Gasteiger partial charge in [0.05, 0.1) is 30.9 Å². The molecule has 3 aliphatic heterocycles. The maximum absolute atomic E-state index is 14.5. The molecule has 2 N–H and O–H groups in total. The number of fused-ring (bicyclic) bond motifs is 2. The van der Waals surface area contributed by atoms with Crippen LogP contribution in [0.4, 0.5) is 8.78 Å². The van der Waals surface area contributed by atoms with E-state index in [1.165, 1.54) is 24.5 Å². The summed E-state index contributed by atoms with van der Waals surface area (Å²) < 4.78 is 39.3. The van der Waals surface area contributed by atoms with Crippen molar-refractivity contribution in [2.75, 3.05) is 26.9 Å². The summed E-state index contributed by atoms with van der Waals surface area (Å²) in [5.41, 5.74) is 0.700. The van der Waals surface area contributed by atoms with Gasteiger partial charge in [-0.2, -0.15) is 0 Å². The highest BCUT2D eigenvalue weighted by Gasteiger charge is 2.42. The maximum Gasteiger partial charge on any atom is 0.338 e. The fourth-order valence-corrected chi connectivity index (χ4v) is 6.30. The van der Waals surface area contributed by atoms with Crippen LogP contribution in [0.3, 0.4) is 0 Å². The number of piperidine rings is 1. The molecule has 9 nitrogen and oxygen atoms in total. The summed E-state index contributed by atoms with van der Waals surface area (Å²) in [4.78, 5) is 35.7. The molecule has 4 heterocycles. The third-order valence-corrected chi connectivity index (χ3v) is 8.26. The van der Waals surface area contributed by atoms with E-state index in [0.717, 1.165) is 6.07 Å². The predicted octanol–water partition coefficient (Wildman–Crippen LogP) is 3.55. The first kappa shape index (κ1) is 26.7. The monoisotopic (exact) mass is 566 g/mol. The SMILES string of the molecule is COC(=O)C1=C(CN2C3COCC2CC(CC(=O)O)C3)NC(c2nccs2)=NC1c1ccc(F)c(F)c1Cl. The molecule has 3 aliphatic rings. The zero-order chi connectivity index (χ0) is 27.0. The van der Waals surface area contributed by atoms with E-state index >= 15 is 0 Å². The van der Waals surface area contributed by atoms with Crippen molar-refractivity contribution in [3.63, 3.8) is 0 Å². The van der Waals surface area contributed by atoms with Crippen LogP contribution in [-0.2, 0) is 19.1 Å². The Hall–Kier alpha value is -2.93. The van der Waals surface area contributed by atoms with Crippen molar-refractivity contribution in [1.82, 2.24) is 15.2 Å². The lowest BCUT2D eigenvalue weighted by molar-refractivity contribution is -0.141. The van der Waals surface area contributed by atoms with E-state index in [9.17, 15) is 23.5 Å². The number of carboxylic acids is 1. The Kier molecular flexibility index (Phi) is 7.75. The van der Waals surface area contributed by atoms with Gasteiger partial charge in [0.1, 0.15) is 6.04 Å². The quantitative estimate of drug-likeness (QED) is 0.386. The van der Waals surface area contributed by atoms with Gasteiger partial charge in [0.2, 0.25) is 0 Å². The molecule has 5 rings (SSSR count). The van der Waals surface area contributed by atoms with Crippen molar-refractivity contribution in [2.45, 2.75) is 37.4 Å². The van der Waals surface area contributed by atoms with E-state index in [4.69, 9.17) is 21.1 Å². The molecular formula is C25H25ClF2N4O5S. The number of hydrogen-bond acceptors (Lipinski definition) is 9. The van der Waals surface area contributed by atoms with Crippen molar-refractivity contribution >= 4 is 40.7 Å². The van der Waals surface area contributed by atoms with Crippen LogP contribution in [0.2, 0.25) is 5.02 Å². The van der Waals surface area contributed by atoms with E-state index < -0.39 is 34.6 Å². The second kappa shape index (κ2) is 11.0. The number of aliphatic carboxylic acids is 1. The van der Waals surface area contributed by atoms with Crippen LogP contribution in [0.1, 0.15) is 35.9 Å². The summed E-state index contributed by atoms with van der Waals surface area (Å²) in [5.74, 6) is -3.48. The van der Waals surface area contributed by atoms with Crippen molar-refractivity contribution < 1.29 is 33.0 Å². The summed E-state index contributed by atoms with van der Waals surface area (Å²) in [5, 5.41) is 14.4. The molecule has 3 atom stereocenters. The van der Waals surface area contributed by atoms with Crippen molar-refractivity contribution in [3.8, 4) is 0 Å². The topological polar surface area (TPSA) is 113 Å². The minimum Gasteiger partial charge on any atom is -0.481 e. The van der Waals surface area contributed by atoms with Crippen LogP contribution in [0, 0.1) is 17.6 Å². The summed E-state index contributed by atoms with van der Waals surface area (Å²) >= 11 is 7.55. The standard InChI is InChI=1S/C25H25ClF2N4O5S/c1-36-25(35)19-17(9-32-13-6-12(8-18(33)34)7-14(32)11-37-10-13)30-23(24-29-4-5-38-24)31-22(19)15-2-3-16(27)21(28)20(15)26/h2-5,12-14,22H,6-11H2,1H3,(H,30,31)(H,33,34). The first-order valence-corrected chi connectivity index (χ1v) is 13.3. The Bertz CT molecular complexity index is 1290. The minimum absolute atomic E-state index is 0.0252. The normalized spacial score (nSPS) is 25.5. The average Bonchev–Trinajstić information content (AvgIpc) is 3.42. The first-order valence-electron chi connectivity index (χ1n) is 12.0. The number of hydrogen-bond donors (Lipinski definition) is 2. The molecule has 2 fully saturated rings. The van der Waals surface area contributed by atoms with Gasteiger partial charge >= 0.3 is 11.9 Å². The highest BCUT2D eigenvalue weighted by molar-refractivity contribution is 7.11. The number of methoxy groups -OCH3 is 1. The van der Waals surface area contributed by atoms with Crippen molar-refractivity contribution in [3.05, 3.63) is 62.2 Å². The van der Waals surface area contributed by atoms with Gasteiger partial charge in [-0.3, -0.25) is 14.7 Å². The summed E-state index contributed by atoms with van der Waals surface area (Å²) in [7, 11) is 1.23.